The summed E-state index contributed by atoms with van der Waals surface area (Å²) < 4.78 is 5.51. The Morgan fingerprint density at radius 2 is 1.70 bits per heavy atom. The monoisotopic (exact) mass is 424 g/mol. The third-order valence-corrected chi connectivity index (χ3v) is 5.36. The molecule has 0 radical (unpaired) electrons. The lowest BCUT2D eigenvalue weighted by Gasteiger charge is -2.30. The van der Waals surface area contributed by atoms with Crippen LogP contribution in [0.25, 0.3) is 5.70 Å². The molecule has 0 saturated carbocycles. The van der Waals surface area contributed by atoms with Gasteiger partial charge in [-0.15, -0.1) is 0 Å². The number of carbonyl (C=O) groups is 1. The van der Waals surface area contributed by atoms with Crippen molar-refractivity contribution in [3.8, 4) is 12.1 Å². The molecule has 0 N–H and O–H groups in total. The molecule has 7 heteroatoms. The molecule has 2 rings (SSSR count). The average molecular weight is 425 g/mol. The van der Waals surface area contributed by atoms with Crippen LogP contribution in [0.4, 0.5) is 4.79 Å². The van der Waals surface area contributed by atoms with Gasteiger partial charge in [-0.2, -0.15) is 10.5 Å². The molecular formula is C23H28N4O2S. The summed E-state index contributed by atoms with van der Waals surface area (Å²) >= 11 is 1.42. The zero-order valence-corrected chi connectivity index (χ0v) is 19.3. The molecule has 30 heavy (non-hydrogen) atoms. The summed E-state index contributed by atoms with van der Waals surface area (Å²) in [6, 6.07) is 11.5. The van der Waals surface area contributed by atoms with Crippen LogP contribution in [0, 0.1) is 22.7 Å². The Kier molecular flexibility index (Phi) is 7.34. The van der Waals surface area contributed by atoms with E-state index in [0.29, 0.717) is 17.3 Å². The van der Waals surface area contributed by atoms with Crippen molar-refractivity contribution in [2.24, 2.45) is 4.99 Å². The Bertz CT molecular complexity index is 920. The molecule has 1 aromatic carbocycles. The van der Waals surface area contributed by atoms with Gasteiger partial charge in [0.05, 0.1) is 0 Å². The van der Waals surface area contributed by atoms with Crippen LogP contribution in [0.5, 0.6) is 0 Å². The number of ether oxygens (including phenoxy) is 1. The molecule has 1 saturated heterocycles. The van der Waals surface area contributed by atoms with E-state index in [1.165, 1.54) is 16.7 Å². The predicted molar refractivity (Wildman–Crippen MR) is 121 cm³/mol. The fraction of sp³-hybridized carbons (Fsp3) is 0.478. The van der Waals surface area contributed by atoms with Gasteiger partial charge in [0.1, 0.15) is 23.4 Å². The second-order valence-electron chi connectivity index (χ2n) is 9.00. The van der Waals surface area contributed by atoms with Gasteiger partial charge >= 0.3 is 6.09 Å². The number of nitrogens with zero attached hydrogens (tertiary/aromatic N) is 4. The summed E-state index contributed by atoms with van der Waals surface area (Å²) in [5.74, 6) is 0.794. The van der Waals surface area contributed by atoms with Gasteiger partial charge in [0.2, 0.25) is 0 Å². The maximum atomic E-state index is 12.7. The minimum atomic E-state index is -0.629. The van der Waals surface area contributed by atoms with E-state index >= 15 is 0 Å². The summed E-state index contributed by atoms with van der Waals surface area (Å²) in [6.07, 6.45) is 0.331. The molecular weight excluding hydrogens is 396 g/mol. The standard InChI is InChI=1S/C23H28N4O2S/c1-22(2,3)18-10-8-16(9-11-18)19(17(14-24)15-25)26-20-27(12-7-13-30-20)21(28)29-23(4,5)6/h8-11H,7,12-13H2,1-6H3/b26-20-. The fourth-order valence-electron chi connectivity index (χ4n) is 2.76. The van der Waals surface area contributed by atoms with E-state index in [0.717, 1.165) is 17.7 Å². The molecule has 6 nitrogen and oxygen atoms in total. The van der Waals surface area contributed by atoms with E-state index in [1.807, 2.05) is 57.2 Å². The van der Waals surface area contributed by atoms with Gasteiger partial charge in [0.25, 0.3) is 0 Å². The molecule has 0 spiro atoms. The van der Waals surface area contributed by atoms with Crippen molar-refractivity contribution in [2.75, 3.05) is 12.3 Å². The number of amides is 1. The topological polar surface area (TPSA) is 89.5 Å². The fourth-order valence-corrected chi connectivity index (χ4v) is 3.69. The van der Waals surface area contributed by atoms with Crippen molar-refractivity contribution < 1.29 is 9.53 Å². The molecule has 0 aromatic heterocycles. The van der Waals surface area contributed by atoms with Crippen molar-refractivity contribution in [2.45, 2.75) is 59.0 Å². The number of rotatable bonds is 2. The highest BCUT2D eigenvalue weighted by Crippen LogP contribution is 2.29. The zero-order valence-electron chi connectivity index (χ0n) is 18.4. The lowest BCUT2D eigenvalue weighted by Crippen LogP contribution is -2.42. The SMILES string of the molecule is CC(C)(C)OC(=O)N1CCCS/C1=N\C(=C(C#N)C#N)c1ccc(C(C)(C)C)cc1. The Morgan fingerprint density at radius 3 is 2.20 bits per heavy atom. The summed E-state index contributed by atoms with van der Waals surface area (Å²) in [6.45, 7) is 12.3. The molecule has 1 heterocycles. The Hall–Kier alpha value is -2.77. The van der Waals surface area contributed by atoms with E-state index < -0.39 is 11.7 Å². The van der Waals surface area contributed by atoms with Crippen molar-refractivity contribution in [1.82, 2.24) is 4.90 Å². The van der Waals surface area contributed by atoms with Gasteiger partial charge in [-0.1, -0.05) is 56.8 Å². The lowest BCUT2D eigenvalue weighted by atomic mass is 9.86. The third kappa shape index (κ3) is 6.11. The largest absolute Gasteiger partial charge is 0.443 e. The molecule has 0 bridgehead atoms. The number of nitriles is 2. The van der Waals surface area contributed by atoms with Crippen LogP contribution in [0.1, 0.15) is 59.1 Å². The van der Waals surface area contributed by atoms with Crippen molar-refractivity contribution in [3.63, 3.8) is 0 Å². The van der Waals surface area contributed by atoms with E-state index in [4.69, 9.17) is 4.74 Å². The second-order valence-corrected chi connectivity index (χ2v) is 10.1. The first-order valence-corrected chi connectivity index (χ1v) is 10.8. The number of hydrogen-bond donors (Lipinski definition) is 0. The molecule has 0 unspecified atom stereocenters. The first-order valence-electron chi connectivity index (χ1n) is 9.83. The molecule has 158 valence electrons. The summed E-state index contributed by atoms with van der Waals surface area (Å²) in [4.78, 5) is 18.8. The molecule has 1 fully saturated rings. The third-order valence-electron chi connectivity index (χ3n) is 4.29. The van der Waals surface area contributed by atoms with Crippen LogP contribution in [-0.2, 0) is 10.2 Å². The van der Waals surface area contributed by atoms with Gasteiger partial charge in [-0.3, -0.25) is 4.90 Å². The van der Waals surface area contributed by atoms with Gasteiger partial charge in [0.15, 0.2) is 10.7 Å². The highest BCUT2D eigenvalue weighted by molar-refractivity contribution is 8.13. The predicted octanol–water partition coefficient (Wildman–Crippen LogP) is 5.47. The Balaban J connectivity index is 2.51. The number of amidine groups is 1. The molecule has 0 aliphatic carbocycles. The van der Waals surface area contributed by atoms with Gasteiger partial charge in [0, 0.05) is 17.9 Å². The molecule has 1 aliphatic heterocycles. The van der Waals surface area contributed by atoms with Crippen LogP contribution in [0.3, 0.4) is 0 Å². The van der Waals surface area contributed by atoms with Crippen LogP contribution < -0.4 is 0 Å². The van der Waals surface area contributed by atoms with Crippen molar-refractivity contribution >= 4 is 28.7 Å². The van der Waals surface area contributed by atoms with E-state index in [2.05, 4.69) is 25.8 Å². The first kappa shape index (κ1) is 23.5. The minimum absolute atomic E-state index is 0.0195. The van der Waals surface area contributed by atoms with E-state index in [-0.39, 0.29) is 16.7 Å². The highest BCUT2D eigenvalue weighted by atomic mass is 32.2. The number of carbonyl (C=O) groups excluding carboxylic acids is 1. The van der Waals surface area contributed by atoms with Crippen molar-refractivity contribution in [1.29, 1.82) is 10.5 Å². The quantitative estimate of drug-likeness (QED) is 0.587. The smallest absolute Gasteiger partial charge is 0.416 e. The van der Waals surface area contributed by atoms with E-state index in [1.54, 1.807) is 0 Å². The highest BCUT2D eigenvalue weighted by Gasteiger charge is 2.29. The lowest BCUT2D eigenvalue weighted by molar-refractivity contribution is 0.0373. The second kappa shape index (κ2) is 9.36. The Morgan fingerprint density at radius 1 is 1.10 bits per heavy atom. The van der Waals surface area contributed by atoms with Crippen LogP contribution in [-0.4, -0.2) is 34.1 Å². The molecule has 1 aliphatic rings. The summed E-state index contributed by atoms with van der Waals surface area (Å²) in [5, 5.41) is 19.4. The van der Waals surface area contributed by atoms with Gasteiger partial charge in [-0.05, 0) is 38.2 Å². The summed E-state index contributed by atoms with van der Waals surface area (Å²) in [5.41, 5.74) is 1.31. The van der Waals surface area contributed by atoms with E-state index in [9.17, 15) is 15.3 Å². The average Bonchev–Trinajstić information content (AvgIpc) is 2.66. The number of allylic oxidation sites excluding steroid dienone is 1. The van der Waals surface area contributed by atoms with Gasteiger partial charge < -0.3 is 4.74 Å². The molecule has 1 amide bonds. The number of aliphatic imine (C=N–C) groups is 1. The Labute approximate surface area is 183 Å². The van der Waals surface area contributed by atoms with Gasteiger partial charge in [-0.25, -0.2) is 9.79 Å². The summed E-state index contributed by atoms with van der Waals surface area (Å²) in [7, 11) is 0. The van der Waals surface area contributed by atoms with Crippen LogP contribution in [0.2, 0.25) is 0 Å². The van der Waals surface area contributed by atoms with Crippen LogP contribution in [0.15, 0.2) is 34.8 Å². The minimum Gasteiger partial charge on any atom is -0.443 e. The number of thioether (sulfide) groups is 1. The van der Waals surface area contributed by atoms with Crippen LogP contribution >= 0.6 is 11.8 Å². The maximum absolute atomic E-state index is 12.7. The first-order chi connectivity index (χ1) is 14.0. The molecule has 1 aromatic rings. The normalized spacial score (nSPS) is 15.9. The number of benzene rings is 1. The van der Waals surface area contributed by atoms with Crippen molar-refractivity contribution in [3.05, 3.63) is 41.0 Å². The molecule has 0 atom stereocenters. The number of hydrogen-bond acceptors (Lipinski definition) is 6. The zero-order chi connectivity index (χ0) is 22.5. The maximum Gasteiger partial charge on any atom is 0.416 e.